The first-order chi connectivity index (χ1) is 15.6. The van der Waals surface area contributed by atoms with Crippen LogP contribution in [0, 0.1) is 0 Å². The summed E-state index contributed by atoms with van der Waals surface area (Å²) in [5.41, 5.74) is 2.66. The molecular weight excluding hydrogens is 432 g/mol. The molecule has 9 nitrogen and oxygen atoms in total. The molecule has 0 aliphatic carbocycles. The Kier molecular flexibility index (Phi) is 6.60. The van der Waals surface area contributed by atoms with Crippen LogP contribution in [-0.2, 0) is 4.79 Å². The number of hydrogen-bond donors (Lipinski definition) is 2. The van der Waals surface area contributed by atoms with Gasteiger partial charge in [0.05, 0.1) is 12.7 Å². The molecule has 10 heteroatoms. The van der Waals surface area contributed by atoms with E-state index in [9.17, 15) is 4.79 Å². The number of aliphatic carboxylic acids is 1. The van der Waals surface area contributed by atoms with Crippen molar-refractivity contribution in [2.45, 2.75) is 24.7 Å². The monoisotopic (exact) mass is 454 g/mol. The van der Waals surface area contributed by atoms with Gasteiger partial charge >= 0.3 is 5.97 Å². The van der Waals surface area contributed by atoms with Gasteiger partial charge in [-0.2, -0.15) is 4.98 Å². The third-order valence-electron chi connectivity index (χ3n) is 4.62. The van der Waals surface area contributed by atoms with Crippen molar-refractivity contribution in [3.05, 3.63) is 48.0 Å². The molecule has 0 radical (unpaired) electrons. The summed E-state index contributed by atoms with van der Waals surface area (Å²) in [6.07, 6.45) is 0.240. The summed E-state index contributed by atoms with van der Waals surface area (Å²) in [5, 5.41) is 21.6. The largest absolute Gasteiger partial charge is 0.493 e. The highest BCUT2D eigenvalue weighted by molar-refractivity contribution is 7.99. The van der Waals surface area contributed by atoms with Crippen molar-refractivity contribution >= 4 is 23.4 Å². The number of rotatable bonds is 8. The average Bonchev–Trinajstić information content (AvgIpc) is 2.97. The van der Waals surface area contributed by atoms with E-state index in [4.69, 9.17) is 19.3 Å². The lowest BCUT2D eigenvalue weighted by Crippen LogP contribution is -2.20. The quantitative estimate of drug-likeness (QED) is 0.484. The first-order valence-electron chi connectivity index (χ1n) is 10.0. The zero-order chi connectivity index (χ0) is 22.5. The molecule has 0 saturated heterocycles. The van der Waals surface area contributed by atoms with E-state index >= 15 is 0 Å². The molecule has 0 bridgehead atoms. The van der Waals surface area contributed by atoms with E-state index in [1.54, 1.807) is 18.2 Å². The van der Waals surface area contributed by atoms with E-state index in [0.29, 0.717) is 28.0 Å². The Morgan fingerprint density at radius 2 is 2.06 bits per heavy atom. The van der Waals surface area contributed by atoms with E-state index in [-0.39, 0.29) is 5.75 Å². The van der Waals surface area contributed by atoms with Gasteiger partial charge in [-0.05, 0) is 24.6 Å². The standard InChI is InChI=1S/C22H22N4O5S/c1-3-11-32-22-24-21-18(25-26-22)13-7-4-5-9-15(13)23-20(31-21)14-8-6-10-16(29-2)19(14)30-12-17(27)28/h4-10,20,23H,3,11-12H2,1-2H3,(H,27,28). The third kappa shape index (κ3) is 4.54. The van der Waals surface area contributed by atoms with Gasteiger partial charge in [0.1, 0.15) is 0 Å². The Bertz CT molecular complexity index is 1130. The second kappa shape index (κ2) is 9.73. The molecule has 1 aliphatic heterocycles. The van der Waals surface area contributed by atoms with Crippen molar-refractivity contribution in [2.24, 2.45) is 0 Å². The first kappa shape index (κ1) is 21.7. The van der Waals surface area contributed by atoms with Crippen LogP contribution in [0.3, 0.4) is 0 Å². The lowest BCUT2D eigenvalue weighted by Gasteiger charge is -2.22. The van der Waals surface area contributed by atoms with Gasteiger partial charge in [-0.1, -0.05) is 43.0 Å². The molecule has 32 heavy (non-hydrogen) atoms. The van der Waals surface area contributed by atoms with Crippen LogP contribution in [-0.4, -0.2) is 45.7 Å². The molecule has 3 aromatic rings. The Balaban J connectivity index is 1.80. The highest BCUT2D eigenvalue weighted by Crippen LogP contribution is 2.43. The second-order valence-electron chi connectivity index (χ2n) is 6.85. The van der Waals surface area contributed by atoms with Gasteiger partial charge in [-0.15, -0.1) is 10.2 Å². The van der Waals surface area contributed by atoms with Crippen molar-refractivity contribution in [1.29, 1.82) is 0 Å². The lowest BCUT2D eigenvalue weighted by molar-refractivity contribution is -0.139. The number of aromatic nitrogens is 3. The van der Waals surface area contributed by atoms with Crippen LogP contribution in [0.2, 0.25) is 0 Å². The van der Waals surface area contributed by atoms with Crippen LogP contribution in [0.15, 0.2) is 47.6 Å². The fourth-order valence-corrected chi connectivity index (χ4v) is 3.86. The molecule has 0 spiro atoms. The van der Waals surface area contributed by atoms with Crippen LogP contribution in [0.25, 0.3) is 11.3 Å². The van der Waals surface area contributed by atoms with E-state index in [1.807, 2.05) is 24.3 Å². The second-order valence-corrected chi connectivity index (χ2v) is 7.91. The minimum absolute atomic E-state index is 0.276. The summed E-state index contributed by atoms with van der Waals surface area (Å²) in [5.74, 6) is 0.766. The molecule has 166 valence electrons. The number of fused-ring (bicyclic) bond motifs is 3. The Labute approximate surface area is 189 Å². The predicted molar refractivity (Wildman–Crippen MR) is 119 cm³/mol. The molecule has 0 fully saturated rings. The third-order valence-corrected chi connectivity index (χ3v) is 5.66. The number of para-hydroxylation sites is 2. The molecule has 2 N–H and O–H groups in total. The fourth-order valence-electron chi connectivity index (χ4n) is 3.23. The molecule has 4 rings (SSSR count). The number of ether oxygens (including phenoxy) is 3. The smallest absolute Gasteiger partial charge is 0.341 e. The summed E-state index contributed by atoms with van der Waals surface area (Å²) in [6, 6.07) is 12.9. The minimum Gasteiger partial charge on any atom is -0.493 e. The number of hydrogen-bond acceptors (Lipinski definition) is 9. The molecule has 0 amide bonds. The van der Waals surface area contributed by atoms with Crippen LogP contribution < -0.4 is 19.5 Å². The highest BCUT2D eigenvalue weighted by Gasteiger charge is 2.29. The molecular formula is C22H22N4O5S. The summed E-state index contributed by atoms with van der Waals surface area (Å²) in [6.45, 7) is 1.56. The SMILES string of the molecule is CCCSc1nnc2c(n1)OC(c1cccc(OC)c1OCC(=O)O)Nc1ccccc1-2. The number of carboxylic acids is 1. The predicted octanol–water partition coefficient (Wildman–Crippen LogP) is 4.02. The number of carbonyl (C=O) groups is 1. The molecule has 2 heterocycles. The van der Waals surface area contributed by atoms with Gasteiger partial charge < -0.3 is 24.6 Å². The average molecular weight is 455 g/mol. The number of nitrogens with zero attached hydrogens (tertiary/aromatic N) is 3. The zero-order valence-electron chi connectivity index (χ0n) is 17.6. The Morgan fingerprint density at radius 3 is 2.84 bits per heavy atom. The Morgan fingerprint density at radius 1 is 1.22 bits per heavy atom. The maximum Gasteiger partial charge on any atom is 0.341 e. The maximum atomic E-state index is 11.1. The van der Waals surface area contributed by atoms with Gasteiger partial charge in [0.25, 0.3) is 0 Å². The van der Waals surface area contributed by atoms with E-state index in [0.717, 1.165) is 23.4 Å². The zero-order valence-corrected chi connectivity index (χ0v) is 18.4. The fraction of sp³-hybridized carbons (Fsp3) is 0.273. The van der Waals surface area contributed by atoms with Gasteiger partial charge in [0.15, 0.2) is 23.8 Å². The van der Waals surface area contributed by atoms with Crippen molar-refractivity contribution in [3.63, 3.8) is 0 Å². The summed E-state index contributed by atoms with van der Waals surface area (Å²) >= 11 is 1.50. The van der Waals surface area contributed by atoms with Gasteiger partial charge in [0, 0.05) is 17.0 Å². The van der Waals surface area contributed by atoms with Gasteiger partial charge in [0.2, 0.25) is 17.3 Å². The van der Waals surface area contributed by atoms with Gasteiger partial charge in [-0.25, -0.2) is 4.79 Å². The van der Waals surface area contributed by atoms with Crippen molar-refractivity contribution < 1.29 is 24.1 Å². The number of thioether (sulfide) groups is 1. The van der Waals surface area contributed by atoms with Crippen molar-refractivity contribution in [1.82, 2.24) is 15.2 Å². The van der Waals surface area contributed by atoms with E-state index in [2.05, 4.69) is 27.4 Å². The normalized spacial score (nSPS) is 14.2. The molecule has 1 aliphatic rings. The van der Waals surface area contributed by atoms with Crippen LogP contribution >= 0.6 is 11.8 Å². The highest BCUT2D eigenvalue weighted by atomic mass is 32.2. The van der Waals surface area contributed by atoms with Crippen LogP contribution in [0.5, 0.6) is 17.4 Å². The molecule has 1 atom stereocenters. The van der Waals surface area contributed by atoms with Crippen molar-refractivity contribution in [2.75, 3.05) is 24.8 Å². The number of anilines is 1. The Hall–Kier alpha value is -3.53. The lowest BCUT2D eigenvalue weighted by atomic mass is 10.1. The maximum absolute atomic E-state index is 11.1. The summed E-state index contributed by atoms with van der Waals surface area (Å²) in [7, 11) is 1.49. The summed E-state index contributed by atoms with van der Waals surface area (Å²) < 4.78 is 17.2. The van der Waals surface area contributed by atoms with E-state index in [1.165, 1.54) is 18.9 Å². The number of carboxylic acid groups (broad SMARTS) is 1. The summed E-state index contributed by atoms with van der Waals surface area (Å²) in [4.78, 5) is 15.7. The molecule has 2 aromatic carbocycles. The van der Waals surface area contributed by atoms with Crippen LogP contribution in [0.4, 0.5) is 5.69 Å². The minimum atomic E-state index is -1.10. The molecule has 0 saturated carbocycles. The molecule has 1 aromatic heterocycles. The van der Waals surface area contributed by atoms with Crippen LogP contribution in [0.1, 0.15) is 25.1 Å². The number of benzene rings is 2. The number of methoxy groups -OCH3 is 1. The van der Waals surface area contributed by atoms with Gasteiger partial charge in [-0.3, -0.25) is 0 Å². The first-order valence-corrected chi connectivity index (χ1v) is 11.0. The van der Waals surface area contributed by atoms with E-state index < -0.39 is 18.8 Å². The van der Waals surface area contributed by atoms with Crippen molar-refractivity contribution in [3.8, 4) is 28.6 Å². The topological polar surface area (TPSA) is 116 Å². The number of nitrogens with one attached hydrogen (secondary N) is 1. The molecule has 1 unspecified atom stereocenters.